The number of nitrogens with one attached hydrogen (secondary N) is 1. The van der Waals surface area contributed by atoms with Crippen molar-refractivity contribution in [1.82, 2.24) is 29.5 Å². The molecule has 2 aliphatic rings. The lowest BCUT2D eigenvalue weighted by molar-refractivity contribution is 0.245. The van der Waals surface area contributed by atoms with E-state index < -0.39 is 0 Å². The summed E-state index contributed by atoms with van der Waals surface area (Å²) in [5.74, 6) is 1.01. The van der Waals surface area contributed by atoms with Crippen LogP contribution in [0.25, 0.3) is 11.5 Å². The minimum Gasteiger partial charge on any atom is -0.328 e. The van der Waals surface area contributed by atoms with E-state index in [-0.39, 0.29) is 0 Å². The molecule has 1 N–H and O–H groups in total. The summed E-state index contributed by atoms with van der Waals surface area (Å²) in [7, 11) is 0. The highest BCUT2D eigenvalue weighted by Crippen LogP contribution is 2.23. The van der Waals surface area contributed by atoms with Crippen LogP contribution in [0.1, 0.15) is 31.9 Å². The van der Waals surface area contributed by atoms with Gasteiger partial charge < -0.3 is 9.88 Å². The second-order valence-electron chi connectivity index (χ2n) is 6.60. The van der Waals surface area contributed by atoms with Crippen molar-refractivity contribution >= 4 is 0 Å². The maximum Gasteiger partial charge on any atom is 0.160 e. The third kappa shape index (κ3) is 2.93. The van der Waals surface area contributed by atoms with Crippen molar-refractivity contribution in [3.63, 3.8) is 0 Å². The number of aryl methyl sites for hydroxylation is 1. The molecule has 0 amide bonds. The average molecular weight is 314 g/mol. The minimum atomic E-state index is 0.634. The number of hydrogen-bond donors (Lipinski definition) is 1. The van der Waals surface area contributed by atoms with Crippen LogP contribution in [-0.4, -0.2) is 49.9 Å². The fourth-order valence-corrected chi connectivity index (χ4v) is 3.91. The van der Waals surface area contributed by atoms with E-state index >= 15 is 0 Å². The molecule has 1 saturated heterocycles. The fourth-order valence-electron chi connectivity index (χ4n) is 3.91. The molecular weight excluding hydrogens is 288 g/mol. The minimum absolute atomic E-state index is 0.634. The van der Waals surface area contributed by atoms with Crippen LogP contribution < -0.4 is 5.32 Å². The summed E-state index contributed by atoms with van der Waals surface area (Å²) in [4.78, 5) is 7.17. The van der Waals surface area contributed by atoms with E-state index in [2.05, 4.69) is 43.6 Å². The number of nitrogens with zero attached hydrogens (tertiary/aromatic N) is 5. The maximum atomic E-state index is 4.81. The van der Waals surface area contributed by atoms with Crippen molar-refractivity contribution in [2.45, 2.75) is 51.9 Å². The smallest absolute Gasteiger partial charge is 0.160 e. The zero-order valence-electron chi connectivity index (χ0n) is 13.9. The summed E-state index contributed by atoms with van der Waals surface area (Å²) in [6.45, 7) is 8.61. The van der Waals surface area contributed by atoms with Gasteiger partial charge in [0, 0.05) is 38.1 Å². The van der Waals surface area contributed by atoms with Gasteiger partial charge in [-0.3, -0.25) is 9.58 Å². The van der Waals surface area contributed by atoms with Crippen LogP contribution in [0, 0.1) is 0 Å². The van der Waals surface area contributed by atoms with Gasteiger partial charge in [-0.2, -0.15) is 5.10 Å². The van der Waals surface area contributed by atoms with Gasteiger partial charge in [-0.1, -0.05) is 6.92 Å². The second kappa shape index (κ2) is 6.45. The van der Waals surface area contributed by atoms with Crippen molar-refractivity contribution in [2.75, 3.05) is 19.6 Å². The van der Waals surface area contributed by atoms with Gasteiger partial charge in [-0.15, -0.1) is 0 Å². The number of hydrogen-bond acceptors (Lipinski definition) is 4. The lowest BCUT2D eigenvalue weighted by atomic mass is 10.2. The van der Waals surface area contributed by atoms with E-state index in [1.54, 1.807) is 0 Å². The summed E-state index contributed by atoms with van der Waals surface area (Å²) in [6, 6.07) is 2.83. The molecule has 4 rings (SSSR count). The predicted molar refractivity (Wildman–Crippen MR) is 90.0 cm³/mol. The maximum absolute atomic E-state index is 4.81. The van der Waals surface area contributed by atoms with Gasteiger partial charge in [0.25, 0.3) is 0 Å². The lowest BCUT2D eigenvalue weighted by Crippen LogP contribution is -2.32. The zero-order valence-corrected chi connectivity index (χ0v) is 13.9. The van der Waals surface area contributed by atoms with Crippen LogP contribution in [0.4, 0.5) is 0 Å². The molecule has 0 radical (unpaired) electrons. The third-order valence-corrected chi connectivity index (χ3v) is 5.15. The van der Waals surface area contributed by atoms with Crippen LogP contribution in [0.2, 0.25) is 0 Å². The molecule has 6 nitrogen and oxygen atoms in total. The molecule has 23 heavy (non-hydrogen) atoms. The molecule has 0 aromatic carbocycles. The molecule has 0 unspecified atom stereocenters. The first-order valence-electron chi connectivity index (χ1n) is 8.88. The van der Waals surface area contributed by atoms with Crippen LogP contribution in [0.5, 0.6) is 0 Å². The number of likely N-dealkylation sites (N-methyl/N-ethyl adjacent to an activating group) is 1. The second-order valence-corrected chi connectivity index (χ2v) is 6.60. The molecule has 2 aromatic rings. The Bertz CT molecular complexity index is 634. The average Bonchev–Trinajstić information content (AvgIpc) is 3.26. The van der Waals surface area contributed by atoms with Crippen LogP contribution >= 0.6 is 0 Å². The van der Waals surface area contributed by atoms with Crippen molar-refractivity contribution in [3.8, 4) is 11.5 Å². The molecule has 0 spiro atoms. The Labute approximate surface area is 137 Å². The summed E-state index contributed by atoms with van der Waals surface area (Å²) < 4.78 is 4.43. The molecular formula is C17H26N6. The van der Waals surface area contributed by atoms with Crippen LogP contribution in [-0.2, 0) is 19.6 Å². The molecule has 2 aromatic heterocycles. The highest BCUT2D eigenvalue weighted by Gasteiger charge is 2.24. The summed E-state index contributed by atoms with van der Waals surface area (Å²) >= 11 is 0. The first-order valence-corrected chi connectivity index (χ1v) is 8.88. The topological polar surface area (TPSA) is 50.9 Å². The Kier molecular flexibility index (Phi) is 4.18. The normalized spacial score (nSPS) is 22.2. The van der Waals surface area contributed by atoms with Crippen molar-refractivity contribution in [3.05, 3.63) is 24.2 Å². The molecule has 0 bridgehead atoms. The number of likely N-dealkylation sites (tertiary alicyclic amines) is 1. The standard InChI is InChI=1S/C17H26N6/c1-2-21-8-3-5-14(21)13-22-10-7-19-17(22)16-11-15-12-18-6-4-9-23(15)20-16/h7,10-11,14,18H,2-6,8-9,12-13H2,1H3/t14-/m1/s1. The third-order valence-electron chi connectivity index (χ3n) is 5.15. The van der Waals surface area contributed by atoms with Gasteiger partial charge in [-0.05, 0) is 45.0 Å². The summed E-state index contributed by atoms with van der Waals surface area (Å²) in [6.07, 6.45) is 7.74. The molecule has 6 heteroatoms. The van der Waals surface area contributed by atoms with E-state index in [0.717, 1.165) is 50.7 Å². The molecule has 124 valence electrons. The fraction of sp³-hybridized carbons (Fsp3) is 0.647. The van der Waals surface area contributed by atoms with Crippen molar-refractivity contribution in [1.29, 1.82) is 0 Å². The van der Waals surface area contributed by atoms with Crippen molar-refractivity contribution < 1.29 is 0 Å². The lowest BCUT2D eigenvalue weighted by Gasteiger charge is -2.23. The number of imidazole rings is 1. The molecule has 1 fully saturated rings. The predicted octanol–water partition coefficient (Wildman–Crippen LogP) is 1.72. The Morgan fingerprint density at radius 3 is 3.17 bits per heavy atom. The molecule has 2 aliphatic heterocycles. The molecule has 1 atom stereocenters. The van der Waals surface area contributed by atoms with Gasteiger partial charge >= 0.3 is 0 Å². The first-order chi connectivity index (χ1) is 11.3. The monoisotopic (exact) mass is 314 g/mol. The van der Waals surface area contributed by atoms with Gasteiger partial charge in [0.15, 0.2) is 5.82 Å². The van der Waals surface area contributed by atoms with E-state index in [0.29, 0.717) is 6.04 Å². The highest BCUT2D eigenvalue weighted by molar-refractivity contribution is 5.50. The van der Waals surface area contributed by atoms with E-state index in [4.69, 9.17) is 5.10 Å². The molecule has 4 heterocycles. The Balaban J connectivity index is 1.57. The Hall–Kier alpha value is -1.66. The molecule has 0 aliphatic carbocycles. The van der Waals surface area contributed by atoms with E-state index in [1.807, 2.05) is 6.20 Å². The number of fused-ring (bicyclic) bond motifs is 1. The number of rotatable bonds is 4. The number of aromatic nitrogens is 4. The quantitative estimate of drug-likeness (QED) is 0.934. The largest absolute Gasteiger partial charge is 0.328 e. The zero-order chi connectivity index (χ0) is 15.6. The van der Waals surface area contributed by atoms with Gasteiger partial charge in [0.1, 0.15) is 5.69 Å². The summed E-state index contributed by atoms with van der Waals surface area (Å²) in [5.41, 5.74) is 2.28. The highest BCUT2D eigenvalue weighted by atomic mass is 15.3. The van der Waals surface area contributed by atoms with E-state index in [9.17, 15) is 0 Å². The van der Waals surface area contributed by atoms with E-state index in [1.165, 1.54) is 25.1 Å². The first kappa shape index (κ1) is 14.9. The SMILES string of the molecule is CCN1CCC[C@@H]1Cn1ccnc1-c1cc2n(n1)CCCNC2. The van der Waals surface area contributed by atoms with Gasteiger partial charge in [0.05, 0.1) is 5.69 Å². The summed E-state index contributed by atoms with van der Waals surface area (Å²) in [5, 5.41) is 8.26. The van der Waals surface area contributed by atoms with Gasteiger partial charge in [-0.25, -0.2) is 4.98 Å². The van der Waals surface area contributed by atoms with Crippen LogP contribution in [0.3, 0.4) is 0 Å². The Morgan fingerprint density at radius 1 is 1.30 bits per heavy atom. The molecule has 0 saturated carbocycles. The Morgan fingerprint density at radius 2 is 2.26 bits per heavy atom. The van der Waals surface area contributed by atoms with Crippen molar-refractivity contribution in [2.24, 2.45) is 0 Å². The van der Waals surface area contributed by atoms with Gasteiger partial charge in [0.2, 0.25) is 0 Å². The van der Waals surface area contributed by atoms with Crippen LogP contribution in [0.15, 0.2) is 18.5 Å².